The molecule has 0 aliphatic rings. The number of rotatable bonds is 9. The standard InChI is InChI=1S/C23H24N.C19H16N.C18H14N.C14H14N.4Ir/c1-16(2)20-13-21(17(3)4)15-22(14-20)18-8-7-9-19(12-18)23-10-5-6-11-24-23;1-14-10-15(2)12-18(11-14)16-6-5-7-17(13-16)19-8-3-4-9-20-19;1-14-11-16(15-7-3-2-4-8-15)13-17(12-14)18-9-5-6-10-19-18;1-10-5-4-6-13(8-10)14-9-11(2)7-12(3)15-14;;;;/h5-8,10-17H,1-4H3;3-6,8-13H,1-2H3;2-11,13H,1H3;4-5,7-9H,1-3H3;;;;/q4*-1;;;;. The Morgan fingerprint density at radius 1 is 0.317 bits per heavy atom. The molecule has 0 N–H and O–H groups in total. The minimum Gasteiger partial charge on any atom is -0.305 e. The van der Waals surface area contributed by atoms with E-state index in [2.05, 4.69) is 222 Å². The van der Waals surface area contributed by atoms with Crippen LogP contribution >= 0.6 is 0 Å². The molecule has 82 heavy (non-hydrogen) atoms. The first kappa shape index (κ1) is 68.2. The van der Waals surface area contributed by atoms with Gasteiger partial charge in [-0.05, 0) is 114 Å². The second kappa shape index (κ2) is 33.7. The van der Waals surface area contributed by atoms with E-state index in [1.54, 1.807) is 0 Å². The number of nitrogens with zero attached hydrogens (tertiary/aromatic N) is 4. The summed E-state index contributed by atoms with van der Waals surface area (Å²) < 4.78 is 0. The van der Waals surface area contributed by atoms with Gasteiger partial charge in [0.15, 0.2) is 0 Å². The second-order valence-corrected chi connectivity index (χ2v) is 20.5. The van der Waals surface area contributed by atoms with Crippen LogP contribution in [0, 0.1) is 65.8 Å². The minimum atomic E-state index is 0. The molecule has 11 rings (SSSR count). The zero-order valence-corrected chi connectivity index (χ0v) is 57.6. The topological polar surface area (TPSA) is 51.6 Å². The molecule has 4 heterocycles. The van der Waals surface area contributed by atoms with Gasteiger partial charge in [0.2, 0.25) is 0 Å². The maximum atomic E-state index is 4.51. The van der Waals surface area contributed by atoms with Crippen LogP contribution in [-0.4, -0.2) is 19.9 Å². The summed E-state index contributed by atoms with van der Waals surface area (Å²) in [4.78, 5) is 17.7. The molecule has 0 bridgehead atoms. The Balaban J connectivity index is 0.000000234. The number of hydrogen-bond acceptors (Lipinski definition) is 4. The Labute approximate surface area is 542 Å². The summed E-state index contributed by atoms with van der Waals surface area (Å²) in [7, 11) is 0. The third-order valence-corrected chi connectivity index (χ3v) is 13.1. The maximum absolute atomic E-state index is 4.51. The Morgan fingerprint density at radius 3 is 1.21 bits per heavy atom. The first-order valence-electron chi connectivity index (χ1n) is 26.8. The van der Waals surface area contributed by atoms with Gasteiger partial charge in [-0.15, -0.1) is 141 Å². The quantitative estimate of drug-likeness (QED) is 0.135. The second-order valence-electron chi connectivity index (χ2n) is 20.5. The summed E-state index contributed by atoms with van der Waals surface area (Å²) >= 11 is 0. The van der Waals surface area contributed by atoms with E-state index in [9.17, 15) is 0 Å². The normalized spacial score (nSPS) is 10.1. The van der Waals surface area contributed by atoms with E-state index in [1.165, 1.54) is 66.8 Å². The fraction of sp³-hybridized carbons (Fsp3) is 0.162. The zero-order chi connectivity index (χ0) is 55.0. The summed E-state index contributed by atoms with van der Waals surface area (Å²) in [5.41, 5.74) is 25.5. The fourth-order valence-corrected chi connectivity index (χ4v) is 9.16. The maximum Gasteiger partial charge on any atom is 0.0268 e. The predicted molar refractivity (Wildman–Crippen MR) is 327 cm³/mol. The third kappa shape index (κ3) is 20.0. The smallest absolute Gasteiger partial charge is 0.0268 e. The van der Waals surface area contributed by atoms with E-state index >= 15 is 0 Å². The predicted octanol–water partition coefficient (Wildman–Crippen LogP) is 19.3. The van der Waals surface area contributed by atoms with Crippen molar-refractivity contribution in [2.24, 2.45) is 0 Å². The minimum absolute atomic E-state index is 0. The summed E-state index contributed by atoms with van der Waals surface area (Å²) in [6.45, 7) is 21.5. The van der Waals surface area contributed by atoms with Gasteiger partial charge in [-0.1, -0.05) is 167 Å². The number of pyridine rings is 4. The van der Waals surface area contributed by atoms with Gasteiger partial charge in [-0.3, -0.25) is 0 Å². The van der Waals surface area contributed by atoms with Crippen LogP contribution in [0.4, 0.5) is 0 Å². The monoisotopic (exact) mass is 1780 g/mol. The zero-order valence-electron chi connectivity index (χ0n) is 48.1. The van der Waals surface area contributed by atoms with Crippen LogP contribution in [0.25, 0.3) is 78.4 Å². The molecule has 0 aliphatic heterocycles. The SMILES string of the molecule is CC(C)c1cc(-c2cc[c-]c(-c3ccccn3)c2)cc(C(C)C)c1.Cc1[c-]c(-c2ccccn2)cc(-c2ccccc2)c1.Cc1cc(C)cc(-c2cc[c-]c(-c3ccccn3)c2)c1.Cc1cc[c-]c(-c2cc(C)cc(C)n2)c1.[Ir].[Ir].[Ir].[Ir]. The first-order valence-corrected chi connectivity index (χ1v) is 26.8. The molecular weight excluding hydrogens is 1710 g/mol. The average molecular weight is 1780 g/mol. The molecule has 0 unspecified atom stereocenters. The number of benzene rings is 7. The van der Waals surface area contributed by atoms with Crippen molar-refractivity contribution in [2.75, 3.05) is 0 Å². The van der Waals surface area contributed by atoms with E-state index in [1.807, 2.05) is 110 Å². The van der Waals surface area contributed by atoms with Crippen molar-refractivity contribution in [1.82, 2.24) is 19.9 Å². The summed E-state index contributed by atoms with van der Waals surface area (Å²) in [6, 6.07) is 82.1. The van der Waals surface area contributed by atoms with Gasteiger partial charge in [0, 0.05) is 105 Å². The van der Waals surface area contributed by atoms with E-state index < -0.39 is 0 Å². The summed E-state index contributed by atoms with van der Waals surface area (Å²) in [5.74, 6) is 1.04. The van der Waals surface area contributed by atoms with Gasteiger partial charge in [-0.2, -0.15) is 0 Å². The molecule has 0 spiro atoms. The first-order chi connectivity index (χ1) is 37.7. The molecular formula is C74H68Ir4N4-4. The van der Waals surface area contributed by atoms with Crippen molar-refractivity contribution in [3.05, 3.63) is 288 Å². The van der Waals surface area contributed by atoms with Gasteiger partial charge in [0.1, 0.15) is 0 Å². The van der Waals surface area contributed by atoms with Crippen molar-refractivity contribution in [1.29, 1.82) is 0 Å². The van der Waals surface area contributed by atoms with Gasteiger partial charge < -0.3 is 19.9 Å². The average Bonchev–Trinajstić information content (AvgIpc) is 3.48. The third-order valence-electron chi connectivity index (χ3n) is 13.1. The van der Waals surface area contributed by atoms with E-state index in [0.717, 1.165) is 56.3 Å². The molecule has 424 valence electrons. The molecule has 4 radical (unpaired) electrons. The summed E-state index contributed by atoms with van der Waals surface area (Å²) in [6.07, 6.45) is 5.45. The summed E-state index contributed by atoms with van der Waals surface area (Å²) in [5, 5.41) is 0. The molecule has 0 atom stereocenters. The molecule has 0 saturated carbocycles. The van der Waals surface area contributed by atoms with Crippen molar-refractivity contribution < 1.29 is 80.4 Å². The van der Waals surface area contributed by atoms with Gasteiger partial charge in [0.25, 0.3) is 0 Å². The molecule has 0 amide bonds. The van der Waals surface area contributed by atoms with E-state index in [4.69, 9.17) is 0 Å². The molecule has 7 aromatic carbocycles. The van der Waals surface area contributed by atoms with Gasteiger partial charge >= 0.3 is 0 Å². The van der Waals surface area contributed by atoms with Crippen molar-refractivity contribution in [3.63, 3.8) is 0 Å². The molecule has 8 heteroatoms. The van der Waals surface area contributed by atoms with Crippen molar-refractivity contribution >= 4 is 0 Å². The van der Waals surface area contributed by atoms with Gasteiger partial charge in [-0.25, -0.2) is 0 Å². The van der Waals surface area contributed by atoms with Crippen molar-refractivity contribution in [2.45, 2.75) is 81.1 Å². The van der Waals surface area contributed by atoms with Crippen LogP contribution in [-0.2, 0) is 80.4 Å². The molecule has 0 fully saturated rings. The number of aryl methyl sites for hydroxylation is 6. The Morgan fingerprint density at radius 2 is 0.744 bits per heavy atom. The molecule has 11 aromatic rings. The largest absolute Gasteiger partial charge is 0.305 e. The Hall–Kier alpha value is -6.26. The number of hydrogen-bond donors (Lipinski definition) is 0. The van der Waals surface area contributed by atoms with Crippen LogP contribution in [0.1, 0.15) is 84.2 Å². The number of aromatic nitrogens is 4. The fourth-order valence-electron chi connectivity index (χ4n) is 9.16. The Kier molecular flexibility index (Phi) is 28.1. The van der Waals surface area contributed by atoms with E-state index in [0.29, 0.717) is 11.8 Å². The van der Waals surface area contributed by atoms with Crippen molar-refractivity contribution in [3.8, 4) is 78.4 Å². The van der Waals surface area contributed by atoms with E-state index in [-0.39, 0.29) is 80.4 Å². The molecule has 0 aliphatic carbocycles. The van der Waals surface area contributed by atoms with Crippen LogP contribution in [0.2, 0.25) is 0 Å². The van der Waals surface area contributed by atoms with Crippen LogP contribution in [0.5, 0.6) is 0 Å². The molecule has 0 saturated heterocycles. The molecule has 4 nitrogen and oxygen atoms in total. The van der Waals surface area contributed by atoms with Gasteiger partial charge in [0.05, 0.1) is 0 Å². The van der Waals surface area contributed by atoms with Crippen LogP contribution in [0.15, 0.2) is 219 Å². The molecule has 4 aromatic heterocycles. The van der Waals surface area contributed by atoms with Crippen LogP contribution < -0.4 is 0 Å². The Bertz CT molecular complexity index is 3580. The van der Waals surface area contributed by atoms with Crippen LogP contribution in [0.3, 0.4) is 0 Å².